The molecule has 0 saturated carbocycles. The summed E-state index contributed by atoms with van der Waals surface area (Å²) in [4.78, 5) is 27.0. The van der Waals surface area contributed by atoms with Crippen LogP contribution in [0.15, 0.2) is 60.7 Å². The molecule has 0 aliphatic carbocycles. The Hall–Kier alpha value is -2.74. The number of aliphatic hydroxyl groups is 2. The lowest BCUT2D eigenvalue weighted by Crippen LogP contribution is -2.63. The van der Waals surface area contributed by atoms with Crippen molar-refractivity contribution in [2.75, 3.05) is 13.1 Å². The molecule has 0 radical (unpaired) electrons. The quantitative estimate of drug-likeness (QED) is 0.750. The third-order valence-corrected chi connectivity index (χ3v) is 5.52. The second-order valence-corrected chi connectivity index (χ2v) is 7.38. The van der Waals surface area contributed by atoms with Crippen molar-refractivity contribution in [3.05, 3.63) is 71.8 Å². The summed E-state index contributed by atoms with van der Waals surface area (Å²) in [5, 5.41) is 21.1. The third-order valence-electron chi connectivity index (χ3n) is 5.52. The van der Waals surface area contributed by atoms with Gasteiger partial charge in [-0.25, -0.2) is 9.59 Å². The van der Waals surface area contributed by atoms with E-state index in [1.165, 1.54) is 0 Å². The molecule has 2 aliphatic heterocycles. The maximum Gasteiger partial charge on any atom is 0.338 e. The Kier molecular flexibility index (Phi) is 5.62. The summed E-state index contributed by atoms with van der Waals surface area (Å²) in [6.07, 6.45) is -3.34. The van der Waals surface area contributed by atoms with Crippen LogP contribution in [0, 0.1) is 0 Å². The molecule has 0 spiro atoms. The van der Waals surface area contributed by atoms with Crippen LogP contribution in [0.3, 0.4) is 0 Å². The topological polar surface area (TPSA) is 96.3 Å². The van der Waals surface area contributed by atoms with Gasteiger partial charge >= 0.3 is 11.9 Å². The molecule has 2 fully saturated rings. The Morgan fingerprint density at radius 2 is 1.41 bits per heavy atom. The van der Waals surface area contributed by atoms with E-state index in [2.05, 4.69) is 0 Å². The molecule has 2 aliphatic rings. The Bertz CT molecular complexity index is 858. The van der Waals surface area contributed by atoms with Crippen LogP contribution in [0.1, 0.15) is 27.1 Å². The third kappa shape index (κ3) is 4.03. The van der Waals surface area contributed by atoms with Crippen molar-refractivity contribution in [3.63, 3.8) is 0 Å². The van der Waals surface area contributed by atoms with Gasteiger partial charge in [-0.05, 0) is 30.7 Å². The van der Waals surface area contributed by atoms with Crippen LogP contribution in [0.5, 0.6) is 0 Å². The molecule has 2 heterocycles. The molecule has 2 aromatic rings. The first-order chi connectivity index (χ1) is 14.0. The van der Waals surface area contributed by atoms with Gasteiger partial charge in [0.15, 0.2) is 12.2 Å². The zero-order valence-electron chi connectivity index (χ0n) is 15.8. The number of carbonyl (C=O) groups excluding carboxylic acids is 2. The smallest absolute Gasteiger partial charge is 0.338 e. The van der Waals surface area contributed by atoms with Gasteiger partial charge in [-0.1, -0.05) is 36.4 Å². The fraction of sp³-hybridized carbons (Fsp3) is 0.364. The molecule has 5 atom stereocenters. The minimum absolute atomic E-state index is 0.268. The maximum absolute atomic E-state index is 12.6. The van der Waals surface area contributed by atoms with Gasteiger partial charge in [-0.2, -0.15) is 0 Å². The van der Waals surface area contributed by atoms with Gasteiger partial charge in [0.25, 0.3) is 0 Å². The lowest BCUT2D eigenvalue weighted by molar-refractivity contribution is -0.147. The first kappa shape index (κ1) is 19.6. The van der Waals surface area contributed by atoms with Crippen molar-refractivity contribution >= 4 is 11.9 Å². The Labute approximate surface area is 168 Å². The molecular formula is C22H23NO6. The van der Waals surface area contributed by atoms with Crippen molar-refractivity contribution in [3.8, 4) is 0 Å². The number of piperidine rings is 1. The fourth-order valence-corrected chi connectivity index (χ4v) is 4.06. The summed E-state index contributed by atoms with van der Waals surface area (Å²) in [5.74, 6) is -1.17. The number of ether oxygens (including phenoxy) is 2. The van der Waals surface area contributed by atoms with E-state index in [0.29, 0.717) is 24.1 Å². The van der Waals surface area contributed by atoms with Gasteiger partial charge in [-0.15, -0.1) is 0 Å². The van der Waals surface area contributed by atoms with E-state index in [1.54, 1.807) is 60.7 Å². The van der Waals surface area contributed by atoms with Crippen LogP contribution in [0.2, 0.25) is 0 Å². The summed E-state index contributed by atoms with van der Waals surface area (Å²) in [6.45, 7) is 0.839. The first-order valence-corrected chi connectivity index (χ1v) is 9.67. The second kappa shape index (κ2) is 8.32. The molecule has 0 aromatic heterocycles. The number of hydrogen-bond donors (Lipinski definition) is 2. The van der Waals surface area contributed by atoms with Crippen LogP contribution in [0.25, 0.3) is 0 Å². The molecule has 7 heteroatoms. The number of esters is 2. The summed E-state index contributed by atoms with van der Waals surface area (Å²) in [7, 11) is 0. The maximum atomic E-state index is 12.6. The van der Waals surface area contributed by atoms with Crippen LogP contribution in [-0.4, -0.2) is 70.6 Å². The highest BCUT2D eigenvalue weighted by Crippen LogP contribution is 2.31. The van der Waals surface area contributed by atoms with Gasteiger partial charge in [-0.3, -0.25) is 4.90 Å². The minimum Gasteiger partial charge on any atom is -0.453 e. The Morgan fingerprint density at radius 3 is 2.00 bits per heavy atom. The zero-order chi connectivity index (χ0) is 20.4. The van der Waals surface area contributed by atoms with E-state index < -0.39 is 42.4 Å². The van der Waals surface area contributed by atoms with Crippen LogP contribution in [-0.2, 0) is 9.47 Å². The number of fused-ring (bicyclic) bond motifs is 1. The van der Waals surface area contributed by atoms with Crippen molar-refractivity contribution < 1.29 is 29.3 Å². The lowest BCUT2D eigenvalue weighted by Gasteiger charge is -2.43. The number of nitrogens with zero attached hydrogens (tertiary/aromatic N) is 1. The lowest BCUT2D eigenvalue weighted by atomic mass is 9.92. The zero-order valence-corrected chi connectivity index (χ0v) is 15.8. The summed E-state index contributed by atoms with van der Waals surface area (Å²) in [5.41, 5.74) is 0.709. The predicted octanol–water partition coefficient (Wildman–Crippen LogP) is 1.25. The Morgan fingerprint density at radius 1 is 0.862 bits per heavy atom. The van der Waals surface area contributed by atoms with Gasteiger partial charge in [0.2, 0.25) is 0 Å². The number of rotatable bonds is 4. The molecule has 2 aromatic carbocycles. The van der Waals surface area contributed by atoms with E-state index in [9.17, 15) is 19.8 Å². The second-order valence-electron chi connectivity index (χ2n) is 7.38. The molecular weight excluding hydrogens is 374 g/mol. The highest BCUT2D eigenvalue weighted by Gasteiger charge is 2.51. The molecule has 0 amide bonds. The van der Waals surface area contributed by atoms with Crippen molar-refractivity contribution in [2.24, 2.45) is 0 Å². The van der Waals surface area contributed by atoms with Gasteiger partial charge in [0.05, 0.1) is 23.3 Å². The number of hydrogen-bond acceptors (Lipinski definition) is 7. The van der Waals surface area contributed by atoms with Gasteiger partial charge < -0.3 is 19.7 Å². The molecule has 29 heavy (non-hydrogen) atoms. The molecule has 2 saturated heterocycles. The van der Waals surface area contributed by atoms with Gasteiger partial charge in [0, 0.05) is 13.1 Å². The first-order valence-electron chi connectivity index (χ1n) is 9.67. The van der Waals surface area contributed by atoms with Crippen LogP contribution < -0.4 is 0 Å². The predicted molar refractivity (Wildman–Crippen MR) is 103 cm³/mol. The summed E-state index contributed by atoms with van der Waals surface area (Å²) < 4.78 is 11.2. The van der Waals surface area contributed by atoms with Crippen molar-refractivity contribution in [1.82, 2.24) is 4.90 Å². The highest BCUT2D eigenvalue weighted by molar-refractivity contribution is 5.90. The standard InChI is InChI=1S/C22H23NO6/c24-16-11-12-23-13-17(28-21(26)14-7-3-1-4-8-14)20(19(25)18(16)23)29-22(27)15-9-5-2-6-10-15/h1-10,16-20,24-25H,11-13H2/t16-,17-,18+,19+,20+/m0/s1. The summed E-state index contributed by atoms with van der Waals surface area (Å²) in [6, 6.07) is 16.4. The molecule has 2 N–H and O–H groups in total. The molecule has 4 rings (SSSR count). The number of benzene rings is 2. The van der Waals surface area contributed by atoms with E-state index >= 15 is 0 Å². The van der Waals surface area contributed by atoms with E-state index in [4.69, 9.17) is 9.47 Å². The van der Waals surface area contributed by atoms with Crippen molar-refractivity contribution in [1.29, 1.82) is 0 Å². The van der Waals surface area contributed by atoms with Crippen molar-refractivity contribution in [2.45, 2.75) is 36.9 Å². The molecule has 152 valence electrons. The SMILES string of the molecule is O=C(O[C@H]1[C@H](O)[C@H]2[C@@H](O)CCN2C[C@@H]1OC(=O)c1ccccc1)c1ccccc1. The largest absolute Gasteiger partial charge is 0.453 e. The minimum atomic E-state index is -1.18. The van der Waals surface area contributed by atoms with Gasteiger partial charge in [0.1, 0.15) is 6.10 Å². The average molecular weight is 397 g/mol. The van der Waals surface area contributed by atoms with E-state index in [1.807, 2.05) is 4.90 Å². The normalized spacial score (nSPS) is 29.1. The number of aliphatic hydroxyl groups excluding tert-OH is 2. The molecule has 7 nitrogen and oxygen atoms in total. The molecule has 0 unspecified atom stereocenters. The summed E-state index contributed by atoms with van der Waals surface area (Å²) >= 11 is 0. The average Bonchev–Trinajstić information content (AvgIpc) is 3.12. The fourth-order valence-electron chi connectivity index (χ4n) is 4.06. The highest BCUT2D eigenvalue weighted by atomic mass is 16.6. The van der Waals surface area contributed by atoms with E-state index in [-0.39, 0.29) is 6.54 Å². The van der Waals surface area contributed by atoms with Crippen LogP contribution in [0.4, 0.5) is 0 Å². The van der Waals surface area contributed by atoms with Crippen LogP contribution >= 0.6 is 0 Å². The Balaban J connectivity index is 1.56. The van der Waals surface area contributed by atoms with E-state index in [0.717, 1.165) is 0 Å². The molecule has 0 bridgehead atoms. The number of carbonyl (C=O) groups is 2. The monoisotopic (exact) mass is 397 g/mol.